The van der Waals surface area contributed by atoms with E-state index in [1.807, 2.05) is 6.20 Å². The summed E-state index contributed by atoms with van der Waals surface area (Å²) in [6.07, 6.45) is 2.89. The Morgan fingerprint density at radius 1 is 1.50 bits per heavy atom. The third kappa shape index (κ3) is 2.98. The van der Waals surface area contributed by atoms with Gasteiger partial charge in [0.05, 0.1) is 0 Å². The predicted octanol–water partition coefficient (Wildman–Crippen LogP) is 3.75. The lowest BCUT2D eigenvalue weighted by molar-refractivity contribution is 0.544. The number of halogens is 1. The molecule has 0 aliphatic carbocycles. The van der Waals surface area contributed by atoms with Crippen LogP contribution in [0.15, 0.2) is 16.7 Å². The summed E-state index contributed by atoms with van der Waals surface area (Å²) >= 11 is 3.40. The van der Waals surface area contributed by atoms with Crippen LogP contribution in [0, 0.1) is 6.92 Å². The summed E-state index contributed by atoms with van der Waals surface area (Å²) in [5.74, 6) is 0.972. The minimum atomic E-state index is 0.103. The Labute approximate surface area is 94.3 Å². The summed E-state index contributed by atoms with van der Waals surface area (Å²) in [5.41, 5.74) is 1.27. The van der Waals surface area contributed by atoms with Gasteiger partial charge in [0.15, 0.2) is 0 Å². The van der Waals surface area contributed by atoms with Gasteiger partial charge in [0.25, 0.3) is 0 Å². The molecule has 0 bridgehead atoms. The quantitative estimate of drug-likeness (QED) is 0.891. The Bertz CT molecular complexity index is 321. The highest BCUT2D eigenvalue weighted by molar-refractivity contribution is 9.10. The molecule has 1 rings (SSSR count). The van der Waals surface area contributed by atoms with Crippen molar-refractivity contribution in [2.24, 2.45) is 0 Å². The zero-order chi connectivity index (χ0) is 10.8. The van der Waals surface area contributed by atoms with E-state index in [4.69, 9.17) is 0 Å². The second-order valence-corrected chi connectivity index (χ2v) is 5.10. The summed E-state index contributed by atoms with van der Waals surface area (Å²) in [6.45, 7) is 8.58. The molecule has 1 aromatic heterocycles. The SMILES string of the molecule is CCC(C)(C)Nc1ncc(Br)cc1C. The van der Waals surface area contributed by atoms with Crippen molar-refractivity contribution in [1.29, 1.82) is 0 Å². The third-order valence-electron chi connectivity index (χ3n) is 2.39. The van der Waals surface area contributed by atoms with Crippen LogP contribution in [0.3, 0.4) is 0 Å². The van der Waals surface area contributed by atoms with Crippen molar-refractivity contribution in [3.63, 3.8) is 0 Å². The zero-order valence-electron chi connectivity index (χ0n) is 9.19. The normalized spacial score (nSPS) is 11.5. The molecular weight excluding hydrogens is 240 g/mol. The molecule has 2 nitrogen and oxygen atoms in total. The molecule has 1 N–H and O–H groups in total. The molecule has 0 spiro atoms. The molecule has 1 heterocycles. The molecule has 0 aliphatic heterocycles. The van der Waals surface area contributed by atoms with Gasteiger partial charge in [0, 0.05) is 16.2 Å². The highest BCUT2D eigenvalue weighted by Gasteiger charge is 2.15. The van der Waals surface area contributed by atoms with E-state index < -0.39 is 0 Å². The van der Waals surface area contributed by atoms with Gasteiger partial charge in [-0.1, -0.05) is 6.92 Å². The lowest BCUT2D eigenvalue weighted by Crippen LogP contribution is -2.30. The second kappa shape index (κ2) is 4.30. The van der Waals surface area contributed by atoms with E-state index in [0.29, 0.717) is 0 Å². The first-order chi connectivity index (χ1) is 6.44. The molecular formula is C11H17BrN2. The summed E-state index contributed by atoms with van der Waals surface area (Å²) in [6, 6.07) is 2.07. The van der Waals surface area contributed by atoms with Gasteiger partial charge in [-0.15, -0.1) is 0 Å². The first-order valence-corrected chi connectivity index (χ1v) is 5.64. The fourth-order valence-electron chi connectivity index (χ4n) is 1.08. The first-order valence-electron chi connectivity index (χ1n) is 4.85. The van der Waals surface area contributed by atoms with Gasteiger partial charge in [-0.3, -0.25) is 0 Å². The van der Waals surface area contributed by atoms with Gasteiger partial charge in [-0.05, 0) is 54.8 Å². The number of rotatable bonds is 3. The summed E-state index contributed by atoms with van der Waals surface area (Å²) < 4.78 is 1.02. The predicted molar refractivity (Wildman–Crippen MR) is 64.7 cm³/mol. The zero-order valence-corrected chi connectivity index (χ0v) is 10.8. The van der Waals surface area contributed by atoms with Gasteiger partial charge >= 0.3 is 0 Å². The fourth-order valence-corrected chi connectivity index (χ4v) is 1.53. The van der Waals surface area contributed by atoms with Crippen molar-refractivity contribution >= 4 is 21.7 Å². The molecule has 0 aromatic carbocycles. The molecule has 0 radical (unpaired) electrons. The molecule has 14 heavy (non-hydrogen) atoms. The number of hydrogen-bond donors (Lipinski definition) is 1. The Balaban J connectivity index is 2.87. The standard InChI is InChI=1S/C11H17BrN2/c1-5-11(3,4)14-10-8(2)6-9(12)7-13-10/h6-7H,5H2,1-4H3,(H,13,14). The van der Waals surface area contributed by atoms with Gasteiger partial charge in [-0.2, -0.15) is 0 Å². The minimum Gasteiger partial charge on any atom is -0.365 e. The molecule has 78 valence electrons. The van der Waals surface area contributed by atoms with Crippen molar-refractivity contribution in [3.8, 4) is 0 Å². The third-order valence-corrected chi connectivity index (χ3v) is 2.82. The van der Waals surface area contributed by atoms with Crippen LogP contribution in [0.2, 0.25) is 0 Å². The molecule has 0 fully saturated rings. The summed E-state index contributed by atoms with van der Waals surface area (Å²) in [4.78, 5) is 4.35. The average molecular weight is 257 g/mol. The number of pyridine rings is 1. The molecule has 0 saturated heterocycles. The second-order valence-electron chi connectivity index (χ2n) is 4.18. The minimum absolute atomic E-state index is 0.103. The van der Waals surface area contributed by atoms with Crippen molar-refractivity contribution < 1.29 is 0 Å². The number of nitrogens with one attached hydrogen (secondary N) is 1. The molecule has 3 heteroatoms. The number of hydrogen-bond acceptors (Lipinski definition) is 2. The molecule has 0 saturated carbocycles. The van der Waals surface area contributed by atoms with Crippen LogP contribution < -0.4 is 5.32 Å². The Hall–Kier alpha value is -0.570. The number of aromatic nitrogens is 1. The lowest BCUT2D eigenvalue weighted by Gasteiger charge is -2.26. The lowest BCUT2D eigenvalue weighted by atomic mass is 10.0. The number of aryl methyl sites for hydroxylation is 1. The summed E-state index contributed by atoms with van der Waals surface area (Å²) in [5, 5.41) is 3.43. The van der Waals surface area contributed by atoms with Crippen molar-refractivity contribution in [3.05, 3.63) is 22.3 Å². The van der Waals surface area contributed by atoms with E-state index in [-0.39, 0.29) is 5.54 Å². The van der Waals surface area contributed by atoms with Crippen LogP contribution >= 0.6 is 15.9 Å². The molecule has 0 amide bonds. The first kappa shape index (κ1) is 11.5. The largest absolute Gasteiger partial charge is 0.365 e. The van der Waals surface area contributed by atoms with E-state index in [2.05, 4.69) is 60.0 Å². The molecule has 0 unspecified atom stereocenters. The number of nitrogens with zero attached hydrogens (tertiary/aromatic N) is 1. The van der Waals surface area contributed by atoms with E-state index in [1.54, 1.807) is 0 Å². The van der Waals surface area contributed by atoms with Crippen molar-refractivity contribution in [1.82, 2.24) is 4.98 Å². The van der Waals surface area contributed by atoms with Crippen LogP contribution in [-0.2, 0) is 0 Å². The van der Waals surface area contributed by atoms with E-state index in [0.717, 1.165) is 16.7 Å². The fraction of sp³-hybridized carbons (Fsp3) is 0.545. The van der Waals surface area contributed by atoms with Crippen LogP contribution in [0.25, 0.3) is 0 Å². The Kier molecular flexibility index (Phi) is 3.53. The van der Waals surface area contributed by atoms with Crippen LogP contribution in [0.4, 0.5) is 5.82 Å². The molecule has 0 atom stereocenters. The Morgan fingerprint density at radius 3 is 2.64 bits per heavy atom. The van der Waals surface area contributed by atoms with Crippen molar-refractivity contribution in [2.75, 3.05) is 5.32 Å². The highest BCUT2D eigenvalue weighted by Crippen LogP contribution is 2.21. The van der Waals surface area contributed by atoms with Crippen LogP contribution in [0.1, 0.15) is 32.8 Å². The van der Waals surface area contributed by atoms with E-state index in [9.17, 15) is 0 Å². The topological polar surface area (TPSA) is 24.9 Å². The monoisotopic (exact) mass is 256 g/mol. The van der Waals surface area contributed by atoms with Crippen LogP contribution in [-0.4, -0.2) is 10.5 Å². The summed E-state index contributed by atoms with van der Waals surface area (Å²) in [7, 11) is 0. The van der Waals surface area contributed by atoms with Gasteiger partial charge < -0.3 is 5.32 Å². The Morgan fingerprint density at radius 2 is 2.14 bits per heavy atom. The number of anilines is 1. The van der Waals surface area contributed by atoms with Crippen LogP contribution in [0.5, 0.6) is 0 Å². The van der Waals surface area contributed by atoms with Gasteiger partial charge in [0.2, 0.25) is 0 Å². The smallest absolute Gasteiger partial charge is 0.129 e. The highest BCUT2D eigenvalue weighted by atomic mass is 79.9. The van der Waals surface area contributed by atoms with E-state index >= 15 is 0 Å². The maximum absolute atomic E-state index is 4.35. The maximum atomic E-state index is 4.35. The van der Waals surface area contributed by atoms with E-state index in [1.165, 1.54) is 5.56 Å². The van der Waals surface area contributed by atoms with Gasteiger partial charge in [0.1, 0.15) is 5.82 Å². The van der Waals surface area contributed by atoms with Gasteiger partial charge in [-0.25, -0.2) is 4.98 Å². The molecule has 1 aromatic rings. The van der Waals surface area contributed by atoms with Crippen molar-refractivity contribution in [2.45, 2.75) is 39.7 Å². The maximum Gasteiger partial charge on any atom is 0.129 e. The average Bonchev–Trinajstić information content (AvgIpc) is 2.10. The molecule has 0 aliphatic rings.